The van der Waals surface area contributed by atoms with Crippen molar-refractivity contribution in [1.29, 1.82) is 0 Å². The molecule has 0 rings (SSSR count). The minimum Gasteiger partial charge on any atom is -1.00 e. The first-order valence-electron chi connectivity index (χ1n) is 0. The Morgan fingerprint density at radius 1 is 0.600 bits per heavy atom. The third kappa shape index (κ3) is 24.1. The van der Waals surface area contributed by atoms with Crippen molar-refractivity contribution in [3.8, 4) is 0 Å². The van der Waals surface area contributed by atoms with Gasteiger partial charge in [-0.1, -0.05) is 0 Å². The molecule has 5 heavy (non-hydrogen) atoms. The Hall–Kier alpha value is 1.98. The summed E-state index contributed by atoms with van der Waals surface area (Å²) in [5.41, 5.74) is 0. The molecule has 0 heterocycles. The van der Waals surface area contributed by atoms with E-state index in [1.54, 1.807) is 0 Å². The zero-order valence-electron chi connectivity index (χ0n) is 2.12. The van der Waals surface area contributed by atoms with E-state index < -0.39 is 0 Å². The Kier molecular flexibility index (Phi) is 479. The van der Waals surface area contributed by atoms with E-state index in [1.165, 1.54) is 0 Å². The van der Waals surface area contributed by atoms with Crippen LogP contribution in [0.25, 0.3) is 0 Å². The van der Waals surface area contributed by atoms with Gasteiger partial charge in [0, 0.05) is 0 Å². The molecule has 0 bridgehead atoms. The van der Waals surface area contributed by atoms with Crippen LogP contribution in [0, 0.1) is 0 Å². The molecule has 0 N–H and O–H groups in total. The SMILES string of the molecule is Br.[B+3].[Br-].[Br-].[Br-]. The normalized spacial score (nSPS) is 0. The Morgan fingerprint density at radius 3 is 0.600 bits per heavy atom. The summed E-state index contributed by atoms with van der Waals surface area (Å²) < 4.78 is 0. The molecule has 0 aromatic heterocycles. The van der Waals surface area contributed by atoms with Crippen LogP contribution >= 0.6 is 17.0 Å². The molecule has 5 heteroatoms. The third-order valence-corrected chi connectivity index (χ3v) is 0. The van der Waals surface area contributed by atoms with Crippen LogP contribution < -0.4 is 50.9 Å². The first kappa shape index (κ1) is 63.5. The van der Waals surface area contributed by atoms with Gasteiger partial charge in [0.25, 0.3) is 0 Å². The van der Waals surface area contributed by atoms with Crippen LogP contribution in [-0.4, -0.2) is 8.41 Å². The Morgan fingerprint density at radius 2 is 0.600 bits per heavy atom. The molecule has 0 aromatic rings. The van der Waals surface area contributed by atoms with Gasteiger partial charge in [-0.3, -0.25) is 0 Å². The molecule has 0 aliphatic carbocycles. The predicted molar refractivity (Wildman–Crippen MR) is 16.1 cm³/mol. The van der Waals surface area contributed by atoms with Crippen molar-refractivity contribution >= 4 is 25.4 Å². The van der Waals surface area contributed by atoms with E-state index in [0.29, 0.717) is 0 Å². The van der Waals surface area contributed by atoms with Crippen molar-refractivity contribution < 1.29 is 50.9 Å². The quantitative estimate of drug-likeness (QED) is 0.387. The van der Waals surface area contributed by atoms with E-state index in [1.807, 2.05) is 0 Å². The van der Waals surface area contributed by atoms with E-state index in [4.69, 9.17) is 0 Å². The van der Waals surface area contributed by atoms with E-state index in [-0.39, 0.29) is 76.3 Å². The average Bonchev–Trinajstić information content (AvgIpc) is 0. The third-order valence-electron chi connectivity index (χ3n) is 0. The molecule has 0 radical (unpaired) electrons. The van der Waals surface area contributed by atoms with Gasteiger partial charge in [-0.15, -0.1) is 17.0 Å². The molecular formula is HBBr4. The molecule has 32 valence electrons. The number of rotatable bonds is 0. The van der Waals surface area contributed by atoms with Gasteiger partial charge < -0.3 is 50.9 Å². The minimum atomic E-state index is 0. The van der Waals surface area contributed by atoms with Crippen LogP contribution in [0.3, 0.4) is 0 Å². The maximum atomic E-state index is 0. The standard InChI is InChI=1S/B.4BrH/h;4*1H/q+3;;;;/p-3. The summed E-state index contributed by atoms with van der Waals surface area (Å²) in [5.74, 6) is 0. The van der Waals surface area contributed by atoms with E-state index >= 15 is 0 Å². The van der Waals surface area contributed by atoms with Gasteiger partial charge in [-0.05, 0) is 0 Å². The zero-order chi connectivity index (χ0) is 0. The van der Waals surface area contributed by atoms with Crippen molar-refractivity contribution in [3.63, 3.8) is 0 Å². The largest absolute Gasteiger partial charge is 3.00 e. The van der Waals surface area contributed by atoms with Gasteiger partial charge in [0.05, 0.1) is 0 Å². The van der Waals surface area contributed by atoms with E-state index in [9.17, 15) is 0 Å². The minimum absolute atomic E-state index is 0. The second kappa shape index (κ2) is 37.7. The smallest absolute Gasteiger partial charge is 1.00 e. The Bertz CT molecular complexity index is 3.61. The van der Waals surface area contributed by atoms with Crippen molar-refractivity contribution in [2.24, 2.45) is 0 Å². The van der Waals surface area contributed by atoms with Gasteiger partial charge in [0.1, 0.15) is 0 Å². The van der Waals surface area contributed by atoms with E-state index in [0.717, 1.165) is 0 Å². The van der Waals surface area contributed by atoms with Gasteiger partial charge in [-0.25, -0.2) is 0 Å². The van der Waals surface area contributed by atoms with Crippen LogP contribution in [0.2, 0.25) is 0 Å². The summed E-state index contributed by atoms with van der Waals surface area (Å²) in [6.45, 7) is 0. The molecular weight excluding hydrogens is 330 g/mol. The summed E-state index contributed by atoms with van der Waals surface area (Å²) in [7, 11) is 0. The fourth-order valence-corrected chi connectivity index (χ4v) is 0. The van der Waals surface area contributed by atoms with Gasteiger partial charge in [-0.2, -0.15) is 0 Å². The molecule has 0 atom stereocenters. The summed E-state index contributed by atoms with van der Waals surface area (Å²) in [6, 6.07) is 0. The molecule has 0 saturated heterocycles. The van der Waals surface area contributed by atoms with Crippen LogP contribution in [0.5, 0.6) is 0 Å². The predicted octanol–water partition coefficient (Wildman–Crippen LogP) is -8.79. The molecule has 0 amide bonds. The molecule has 0 saturated carbocycles. The number of hydrogen-bond donors (Lipinski definition) is 0. The van der Waals surface area contributed by atoms with Gasteiger partial charge >= 0.3 is 8.41 Å². The monoisotopic (exact) mass is 328 g/mol. The maximum absolute atomic E-state index is 0. The summed E-state index contributed by atoms with van der Waals surface area (Å²) in [6.07, 6.45) is 0. The number of halogens is 4. The Balaban J connectivity index is 0. The average molecular weight is 331 g/mol. The summed E-state index contributed by atoms with van der Waals surface area (Å²) in [4.78, 5) is 0. The van der Waals surface area contributed by atoms with Crippen LogP contribution in [0.1, 0.15) is 0 Å². The van der Waals surface area contributed by atoms with Crippen LogP contribution in [0.4, 0.5) is 0 Å². The molecule has 0 unspecified atom stereocenters. The molecule has 0 aliphatic rings. The second-order valence-corrected chi connectivity index (χ2v) is 0. The second-order valence-electron chi connectivity index (χ2n) is 0. The molecule has 0 aliphatic heterocycles. The molecule has 0 nitrogen and oxygen atoms in total. The van der Waals surface area contributed by atoms with Crippen molar-refractivity contribution in [3.05, 3.63) is 0 Å². The zero-order valence-corrected chi connectivity index (χ0v) is 8.59. The maximum Gasteiger partial charge on any atom is 3.00 e. The number of hydrogen-bond acceptors (Lipinski definition) is 0. The molecule has 0 fully saturated rings. The first-order valence-corrected chi connectivity index (χ1v) is 0. The molecule has 0 spiro atoms. The van der Waals surface area contributed by atoms with Crippen molar-refractivity contribution in [2.75, 3.05) is 0 Å². The molecule has 0 aromatic carbocycles. The van der Waals surface area contributed by atoms with Gasteiger partial charge in [0.15, 0.2) is 0 Å². The fourth-order valence-electron chi connectivity index (χ4n) is 0. The van der Waals surface area contributed by atoms with E-state index in [2.05, 4.69) is 0 Å². The first-order chi connectivity index (χ1) is 0. The fraction of sp³-hybridized carbons (Fsp3) is 0. The summed E-state index contributed by atoms with van der Waals surface area (Å²) >= 11 is 0. The van der Waals surface area contributed by atoms with Crippen molar-refractivity contribution in [2.45, 2.75) is 0 Å². The van der Waals surface area contributed by atoms with Crippen molar-refractivity contribution in [1.82, 2.24) is 0 Å². The summed E-state index contributed by atoms with van der Waals surface area (Å²) in [5, 5.41) is 0. The van der Waals surface area contributed by atoms with Gasteiger partial charge in [0.2, 0.25) is 0 Å². The van der Waals surface area contributed by atoms with Crippen LogP contribution in [-0.2, 0) is 0 Å². The Labute approximate surface area is 75.7 Å². The topological polar surface area (TPSA) is 0 Å². The van der Waals surface area contributed by atoms with Crippen LogP contribution in [0.15, 0.2) is 0 Å².